The zero-order valence-corrected chi connectivity index (χ0v) is 13.5. The molecule has 1 aliphatic heterocycles. The molecule has 1 saturated heterocycles. The van der Waals surface area contributed by atoms with Gasteiger partial charge in [-0.1, -0.05) is 18.2 Å². The smallest absolute Gasteiger partial charge is 0.123 e. The van der Waals surface area contributed by atoms with Crippen LogP contribution in [0.25, 0.3) is 0 Å². The Morgan fingerprint density at radius 2 is 2.14 bits per heavy atom. The molecule has 0 radical (unpaired) electrons. The van der Waals surface area contributed by atoms with E-state index in [0.29, 0.717) is 6.04 Å². The Labute approximate surface area is 131 Å². The third-order valence-corrected chi connectivity index (χ3v) is 4.54. The Kier molecular flexibility index (Phi) is 4.45. The van der Waals surface area contributed by atoms with E-state index in [0.717, 1.165) is 43.3 Å². The molecule has 0 bridgehead atoms. The van der Waals surface area contributed by atoms with E-state index in [1.165, 1.54) is 5.56 Å². The summed E-state index contributed by atoms with van der Waals surface area (Å²) < 4.78 is 5.54. The number of nitrogens with zero attached hydrogens (tertiary/aromatic N) is 3. The van der Waals surface area contributed by atoms with Crippen LogP contribution >= 0.6 is 0 Å². The monoisotopic (exact) mass is 300 g/mol. The first-order valence-corrected chi connectivity index (χ1v) is 7.73. The second-order valence-electron chi connectivity index (χ2n) is 5.95. The van der Waals surface area contributed by atoms with E-state index < -0.39 is 0 Å². The van der Waals surface area contributed by atoms with Crippen LogP contribution in [0.15, 0.2) is 30.6 Å². The van der Waals surface area contributed by atoms with Crippen molar-refractivity contribution in [2.45, 2.75) is 19.5 Å². The molecular weight excluding hydrogens is 276 g/mol. The van der Waals surface area contributed by atoms with Gasteiger partial charge in [-0.25, -0.2) is 4.98 Å². The number of methoxy groups -OCH3 is 1. The van der Waals surface area contributed by atoms with Crippen molar-refractivity contribution in [2.24, 2.45) is 0 Å². The Hall–Kier alpha value is -1.85. The lowest BCUT2D eigenvalue weighted by molar-refractivity contribution is 0.0881. The van der Waals surface area contributed by atoms with Crippen molar-refractivity contribution in [3.63, 3.8) is 0 Å². The van der Waals surface area contributed by atoms with E-state index in [9.17, 15) is 0 Å². The standard InChI is InChI=1S/C17H24N4O/c1-13-15(19-12-18-13)10-21-9-8-20(2)16(11-21)14-6-4-5-7-17(14)22-3/h4-7,12,16H,8-11H2,1-3H3,(H,18,19)/t16-/m1/s1. The summed E-state index contributed by atoms with van der Waals surface area (Å²) in [4.78, 5) is 12.5. The number of aromatic nitrogens is 2. The molecule has 5 nitrogen and oxygen atoms in total. The molecule has 1 aromatic heterocycles. The van der Waals surface area contributed by atoms with E-state index >= 15 is 0 Å². The van der Waals surface area contributed by atoms with Crippen LogP contribution in [-0.2, 0) is 6.54 Å². The quantitative estimate of drug-likeness (QED) is 0.940. The summed E-state index contributed by atoms with van der Waals surface area (Å²) in [6, 6.07) is 8.67. The first kappa shape index (κ1) is 15.1. The number of hydrogen-bond acceptors (Lipinski definition) is 4. The third-order valence-electron chi connectivity index (χ3n) is 4.54. The summed E-state index contributed by atoms with van der Waals surface area (Å²) in [7, 11) is 3.93. The SMILES string of the molecule is COc1ccccc1[C@H]1CN(Cc2nc[nH]c2C)CCN1C. The lowest BCUT2D eigenvalue weighted by Crippen LogP contribution is -2.46. The summed E-state index contributed by atoms with van der Waals surface area (Å²) in [6.07, 6.45) is 1.78. The predicted octanol–water partition coefficient (Wildman–Crippen LogP) is 2.22. The minimum Gasteiger partial charge on any atom is -0.496 e. The van der Waals surface area contributed by atoms with Crippen LogP contribution in [0, 0.1) is 6.92 Å². The number of imidazole rings is 1. The van der Waals surface area contributed by atoms with Crippen LogP contribution in [0.4, 0.5) is 0 Å². The van der Waals surface area contributed by atoms with Crippen molar-refractivity contribution in [2.75, 3.05) is 33.8 Å². The van der Waals surface area contributed by atoms with Crippen molar-refractivity contribution < 1.29 is 4.74 Å². The Balaban J connectivity index is 1.77. The number of hydrogen-bond donors (Lipinski definition) is 1. The summed E-state index contributed by atoms with van der Waals surface area (Å²) in [5, 5.41) is 0. The lowest BCUT2D eigenvalue weighted by Gasteiger charge is -2.40. The Morgan fingerprint density at radius 1 is 1.32 bits per heavy atom. The highest BCUT2D eigenvalue weighted by Crippen LogP contribution is 2.31. The summed E-state index contributed by atoms with van der Waals surface area (Å²) in [6.45, 7) is 6.08. The van der Waals surface area contributed by atoms with Crippen LogP contribution in [0.2, 0.25) is 0 Å². The third kappa shape index (κ3) is 3.00. The molecule has 0 saturated carbocycles. The fourth-order valence-corrected chi connectivity index (χ4v) is 3.11. The van der Waals surface area contributed by atoms with Crippen molar-refractivity contribution in [3.05, 3.63) is 47.5 Å². The highest BCUT2D eigenvalue weighted by Gasteiger charge is 2.28. The van der Waals surface area contributed by atoms with Gasteiger partial charge in [-0.05, 0) is 20.0 Å². The highest BCUT2D eigenvalue weighted by molar-refractivity contribution is 5.36. The number of aryl methyl sites for hydroxylation is 1. The molecule has 22 heavy (non-hydrogen) atoms. The van der Waals surface area contributed by atoms with Gasteiger partial charge in [-0.2, -0.15) is 0 Å². The van der Waals surface area contributed by atoms with Gasteiger partial charge in [0.2, 0.25) is 0 Å². The minimum atomic E-state index is 0.351. The van der Waals surface area contributed by atoms with Crippen molar-refractivity contribution in [3.8, 4) is 5.75 Å². The van der Waals surface area contributed by atoms with Crippen LogP contribution in [0.3, 0.4) is 0 Å². The molecule has 2 heterocycles. The second-order valence-corrected chi connectivity index (χ2v) is 5.95. The number of rotatable bonds is 4. The molecular formula is C17H24N4O. The van der Waals surface area contributed by atoms with Gasteiger partial charge in [0.05, 0.1) is 25.2 Å². The van der Waals surface area contributed by atoms with Crippen molar-refractivity contribution >= 4 is 0 Å². The number of benzene rings is 1. The second kappa shape index (κ2) is 6.50. The zero-order chi connectivity index (χ0) is 15.5. The number of piperazine rings is 1. The number of aromatic amines is 1. The molecule has 1 fully saturated rings. The topological polar surface area (TPSA) is 44.4 Å². The molecule has 1 atom stereocenters. The van der Waals surface area contributed by atoms with Crippen LogP contribution in [-0.4, -0.2) is 53.6 Å². The van der Waals surface area contributed by atoms with E-state index in [4.69, 9.17) is 4.74 Å². The van der Waals surface area contributed by atoms with Crippen molar-refractivity contribution in [1.82, 2.24) is 19.8 Å². The summed E-state index contributed by atoms with van der Waals surface area (Å²) in [5.41, 5.74) is 3.56. The Bertz CT molecular complexity index is 625. The normalized spacial score (nSPS) is 20.2. The number of H-pyrrole nitrogens is 1. The maximum absolute atomic E-state index is 5.54. The van der Waals surface area contributed by atoms with Gasteiger partial charge in [0.15, 0.2) is 0 Å². The lowest BCUT2D eigenvalue weighted by atomic mass is 10.0. The molecule has 118 valence electrons. The molecule has 1 N–H and O–H groups in total. The molecule has 0 amide bonds. The fraction of sp³-hybridized carbons (Fsp3) is 0.471. The van der Waals surface area contributed by atoms with Crippen molar-refractivity contribution in [1.29, 1.82) is 0 Å². The number of ether oxygens (including phenoxy) is 1. The molecule has 0 unspecified atom stereocenters. The largest absolute Gasteiger partial charge is 0.496 e. The highest BCUT2D eigenvalue weighted by atomic mass is 16.5. The van der Waals surface area contributed by atoms with Gasteiger partial charge >= 0.3 is 0 Å². The molecule has 2 aromatic rings. The molecule has 0 spiro atoms. The molecule has 1 aliphatic rings. The van der Waals surface area contributed by atoms with Gasteiger partial charge < -0.3 is 9.72 Å². The maximum atomic E-state index is 5.54. The van der Waals surface area contributed by atoms with Gasteiger partial charge in [-0.15, -0.1) is 0 Å². The van der Waals surface area contributed by atoms with Crippen LogP contribution < -0.4 is 4.74 Å². The van der Waals surface area contributed by atoms with Crippen LogP contribution in [0.5, 0.6) is 5.75 Å². The van der Waals surface area contributed by atoms with E-state index in [-0.39, 0.29) is 0 Å². The average Bonchev–Trinajstić information content (AvgIpc) is 2.94. The van der Waals surface area contributed by atoms with E-state index in [1.54, 1.807) is 13.4 Å². The molecule has 1 aromatic carbocycles. The first-order chi connectivity index (χ1) is 10.7. The predicted molar refractivity (Wildman–Crippen MR) is 87.0 cm³/mol. The molecule has 5 heteroatoms. The van der Waals surface area contributed by atoms with E-state index in [1.807, 2.05) is 12.1 Å². The number of likely N-dealkylation sites (N-methyl/N-ethyl adjacent to an activating group) is 1. The molecule has 0 aliphatic carbocycles. The molecule has 3 rings (SSSR count). The minimum absolute atomic E-state index is 0.351. The Morgan fingerprint density at radius 3 is 2.86 bits per heavy atom. The number of para-hydroxylation sites is 1. The van der Waals surface area contributed by atoms with Gasteiger partial charge in [-0.3, -0.25) is 9.80 Å². The summed E-state index contributed by atoms with van der Waals surface area (Å²) in [5.74, 6) is 0.970. The van der Waals surface area contributed by atoms with Gasteiger partial charge in [0.25, 0.3) is 0 Å². The van der Waals surface area contributed by atoms with Crippen LogP contribution in [0.1, 0.15) is 23.0 Å². The number of nitrogens with one attached hydrogen (secondary N) is 1. The first-order valence-electron chi connectivity index (χ1n) is 7.73. The van der Waals surface area contributed by atoms with Gasteiger partial charge in [0, 0.05) is 37.4 Å². The zero-order valence-electron chi connectivity index (χ0n) is 13.5. The summed E-state index contributed by atoms with van der Waals surface area (Å²) >= 11 is 0. The maximum Gasteiger partial charge on any atom is 0.123 e. The van der Waals surface area contributed by atoms with E-state index in [2.05, 4.69) is 45.9 Å². The average molecular weight is 300 g/mol. The fourth-order valence-electron chi connectivity index (χ4n) is 3.11. The van der Waals surface area contributed by atoms with Gasteiger partial charge in [0.1, 0.15) is 5.75 Å².